The number of aliphatic hydroxyl groups excluding tert-OH is 5. The SMILES string of the molecule is CCO.Cc1cn([C@H]2C=C[C@@H](CO)O2)c(=O)[nH]c1=O.Cc1cn([C@H]2C=C[C@@H](CO)O2)c(=O)[nH]c1=O.Cc1cn([C@H]2C[C@@H](O)[C@@H](CO)O2)c(=O)[nH]c1=O. The number of aromatic nitrogens is 6. The maximum absolute atomic E-state index is 11.6. The molecule has 1 saturated heterocycles. The van der Waals surface area contributed by atoms with Crippen molar-refractivity contribution in [1.82, 2.24) is 28.7 Å². The number of hydrogen-bond donors (Lipinski definition) is 8. The Morgan fingerprint density at radius 2 is 0.981 bits per heavy atom. The highest BCUT2D eigenvalue weighted by Crippen LogP contribution is 2.27. The molecule has 20 heteroatoms. The summed E-state index contributed by atoms with van der Waals surface area (Å²) in [6.07, 6.45) is 7.05. The van der Waals surface area contributed by atoms with Crippen LogP contribution in [0.15, 0.2) is 71.7 Å². The topological polar surface area (TPSA) is 293 Å². The van der Waals surface area contributed by atoms with Gasteiger partial charge in [0.2, 0.25) is 0 Å². The zero-order valence-corrected chi connectivity index (χ0v) is 28.9. The fourth-order valence-electron chi connectivity index (χ4n) is 4.90. The van der Waals surface area contributed by atoms with Crippen LogP contribution in [0.3, 0.4) is 0 Å². The molecule has 0 saturated carbocycles. The largest absolute Gasteiger partial charge is 0.397 e. The Balaban J connectivity index is 0.000000202. The van der Waals surface area contributed by atoms with Gasteiger partial charge < -0.3 is 39.7 Å². The molecule has 3 aliphatic heterocycles. The molecule has 0 aliphatic carbocycles. The van der Waals surface area contributed by atoms with E-state index in [0.717, 1.165) is 0 Å². The Morgan fingerprint density at radius 3 is 1.31 bits per heavy atom. The maximum atomic E-state index is 11.6. The number of aryl methyl sites for hydroxylation is 3. The van der Waals surface area contributed by atoms with Crippen molar-refractivity contribution in [2.24, 2.45) is 0 Å². The molecule has 0 bridgehead atoms. The molecule has 286 valence electrons. The summed E-state index contributed by atoms with van der Waals surface area (Å²) in [7, 11) is 0. The van der Waals surface area contributed by atoms with Gasteiger partial charge in [-0.3, -0.25) is 43.0 Å². The van der Waals surface area contributed by atoms with Crippen LogP contribution in [0, 0.1) is 20.8 Å². The van der Waals surface area contributed by atoms with E-state index in [1.165, 1.54) is 32.3 Å². The first-order chi connectivity index (χ1) is 24.7. The molecular weight excluding hydrogens is 692 g/mol. The minimum Gasteiger partial charge on any atom is -0.397 e. The number of ether oxygens (including phenoxy) is 3. The van der Waals surface area contributed by atoms with Crippen LogP contribution >= 0.6 is 0 Å². The molecule has 3 aromatic rings. The van der Waals surface area contributed by atoms with Crippen LogP contribution in [0.1, 0.15) is 48.7 Å². The molecule has 0 unspecified atom stereocenters. The molecule has 6 heterocycles. The van der Waals surface area contributed by atoms with Crippen LogP contribution in [0.5, 0.6) is 0 Å². The van der Waals surface area contributed by atoms with Gasteiger partial charge in [-0.1, -0.05) is 12.2 Å². The molecule has 8 N–H and O–H groups in total. The van der Waals surface area contributed by atoms with Crippen molar-refractivity contribution < 1.29 is 39.7 Å². The van der Waals surface area contributed by atoms with Crippen LogP contribution < -0.4 is 33.7 Å². The second-order valence-corrected chi connectivity index (χ2v) is 11.6. The molecule has 7 atom stereocenters. The van der Waals surface area contributed by atoms with Gasteiger partial charge in [-0.25, -0.2) is 14.4 Å². The lowest BCUT2D eigenvalue weighted by Crippen LogP contribution is -2.33. The highest BCUT2D eigenvalue weighted by atomic mass is 16.5. The summed E-state index contributed by atoms with van der Waals surface area (Å²) >= 11 is 0. The van der Waals surface area contributed by atoms with Gasteiger partial charge >= 0.3 is 17.1 Å². The summed E-state index contributed by atoms with van der Waals surface area (Å²) in [5.74, 6) is 0. The number of rotatable bonds is 6. The van der Waals surface area contributed by atoms with Crippen molar-refractivity contribution in [2.75, 3.05) is 26.4 Å². The Morgan fingerprint density at radius 1 is 0.615 bits per heavy atom. The number of aliphatic hydroxyl groups is 5. The average Bonchev–Trinajstić information content (AvgIpc) is 3.87. The van der Waals surface area contributed by atoms with Crippen molar-refractivity contribution in [3.63, 3.8) is 0 Å². The Bertz CT molecular complexity index is 1960. The number of hydrogen-bond acceptors (Lipinski definition) is 14. The number of aromatic amines is 3. The minimum absolute atomic E-state index is 0.135. The normalized spacial score (nSPS) is 24.4. The number of nitrogens with zero attached hydrogens (tertiary/aromatic N) is 3. The monoisotopic (exact) mass is 736 g/mol. The predicted molar refractivity (Wildman–Crippen MR) is 183 cm³/mol. The van der Waals surface area contributed by atoms with E-state index in [4.69, 9.17) is 34.6 Å². The quantitative estimate of drug-likeness (QED) is 0.118. The number of H-pyrrole nitrogens is 3. The molecule has 3 aromatic heterocycles. The van der Waals surface area contributed by atoms with Gasteiger partial charge in [0, 0.05) is 48.3 Å². The third kappa shape index (κ3) is 10.6. The first kappa shape index (κ1) is 41.6. The van der Waals surface area contributed by atoms with E-state index in [2.05, 4.69) is 15.0 Å². The molecule has 0 spiro atoms. The Labute approximate surface area is 294 Å². The van der Waals surface area contributed by atoms with E-state index < -0.39 is 76.8 Å². The fourth-order valence-corrected chi connectivity index (χ4v) is 4.90. The second-order valence-electron chi connectivity index (χ2n) is 11.6. The van der Waals surface area contributed by atoms with E-state index in [9.17, 15) is 33.9 Å². The summed E-state index contributed by atoms with van der Waals surface area (Å²) in [6.45, 7) is 6.14. The highest BCUT2D eigenvalue weighted by molar-refractivity contribution is 5.08. The lowest BCUT2D eigenvalue weighted by atomic mass is 10.2. The van der Waals surface area contributed by atoms with E-state index in [1.807, 2.05) is 0 Å². The minimum atomic E-state index is -0.816. The van der Waals surface area contributed by atoms with Gasteiger partial charge in [0.15, 0.2) is 12.5 Å². The van der Waals surface area contributed by atoms with E-state index in [-0.39, 0.29) is 32.8 Å². The van der Waals surface area contributed by atoms with Gasteiger partial charge in [-0.05, 0) is 39.8 Å². The van der Waals surface area contributed by atoms with Crippen molar-refractivity contribution in [3.8, 4) is 0 Å². The van der Waals surface area contributed by atoms with Gasteiger partial charge in [0.1, 0.15) is 24.5 Å². The van der Waals surface area contributed by atoms with Gasteiger partial charge in [-0.2, -0.15) is 0 Å². The molecule has 1 fully saturated rings. The van der Waals surface area contributed by atoms with Crippen molar-refractivity contribution in [2.45, 2.75) is 77.2 Å². The lowest BCUT2D eigenvalue weighted by molar-refractivity contribution is -0.0459. The molecule has 52 heavy (non-hydrogen) atoms. The van der Waals surface area contributed by atoms with Crippen molar-refractivity contribution in [1.29, 1.82) is 0 Å². The lowest BCUT2D eigenvalue weighted by Gasteiger charge is -2.14. The van der Waals surface area contributed by atoms with E-state index in [0.29, 0.717) is 16.7 Å². The van der Waals surface area contributed by atoms with Crippen LogP contribution in [-0.4, -0.2) is 105 Å². The third-order valence-corrected chi connectivity index (χ3v) is 7.65. The van der Waals surface area contributed by atoms with E-state index in [1.54, 1.807) is 52.0 Å². The first-order valence-electron chi connectivity index (χ1n) is 16.1. The number of nitrogens with one attached hydrogen (secondary N) is 3. The Kier molecular flexibility index (Phi) is 15.3. The van der Waals surface area contributed by atoms with Crippen molar-refractivity contribution >= 4 is 0 Å². The fraction of sp³-hybridized carbons (Fsp3) is 0.500. The zero-order chi connectivity index (χ0) is 38.7. The standard InChI is InChI=1S/C10H14N2O5.2C10H12N2O4.C2H6O/c1-5-3-12(10(16)11-9(5)15)8-2-6(14)7(4-13)17-8;2*1-6-4-12(10(15)11-9(6)14)8-3-2-7(5-13)16-8;1-2-3/h3,6-8,13-14H,2,4H2,1H3,(H,11,15,16);2*2-4,7-8,13H,5H2,1H3,(H,11,14,15);3H,2H2,1H3/t6-,7-,8-;2*7-,8+;/m100./s1. The third-order valence-electron chi connectivity index (χ3n) is 7.65. The molecule has 6 rings (SSSR count). The summed E-state index contributed by atoms with van der Waals surface area (Å²) in [4.78, 5) is 74.6. The van der Waals surface area contributed by atoms with Gasteiger partial charge in [-0.15, -0.1) is 0 Å². The summed E-state index contributed by atoms with van der Waals surface area (Å²) in [6, 6.07) is 0. The molecule has 3 aliphatic rings. The van der Waals surface area contributed by atoms with Crippen LogP contribution in [0.25, 0.3) is 0 Å². The van der Waals surface area contributed by atoms with Gasteiger partial charge in [0.05, 0.1) is 25.9 Å². The zero-order valence-electron chi connectivity index (χ0n) is 28.9. The van der Waals surface area contributed by atoms with Crippen LogP contribution in [0.4, 0.5) is 0 Å². The predicted octanol–water partition coefficient (Wildman–Crippen LogP) is -2.93. The summed E-state index contributed by atoms with van der Waals surface area (Å²) < 4.78 is 19.8. The summed E-state index contributed by atoms with van der Waals surface area (Å²) in [5, 5.41) is 43.8. The second kappa shape index (κ2) is 19.2. The molecule has 0 radical (unpaired) electrons. The molecule has 20 nitrogen and oxygen atoms in total. The summed E-state index contributed by atoms with van der Waals surface area (Å²) in [5.41, 5.74) is -1.63. The van der Waals surface area contributed by atoms with Crippen LogP contribution in [-0.2, 0) is 14.2 Å². The molecular formula is C32H44N6O14. The van der Waals surface area contributed by atoms with E-state index >= 15 is 0 Å². The maximum Gasteiger partial charge on any atom is 0.330 e. The van der Waals surface area contributed by atoms with Gasteiger partial charge in [0.25, 0.3) is 16.7 Å². The molecule has 0 amide bonds. The van der Waals surface area contributed by atoms with Crippen molar-refractivity contribution in [3.05, 3.63) is 122 Å². The smallest absolute Gasteiger partial charge is 0.330 e. The highest BCUT2D eigenvalue weighted by Gasteiger charge is 2.35. The molecule has 0 aromatic carbocycles. The first-order valence-corrected chi connectivity index (χ1v) is 16.1. The van der Waals surface area contributed by atoms with Crippen LogP contribution in [0.2, 0.25) is 0 Å². The average molecular weight is 737 g/mol. The Hall–Kier alpha value is -4.80.